The Morgan fingerprint density at radius 2 is 2.00 bits per heavy atom. The fourth-order valence-electron chi connectivity index (χ4n) is 4.21. The first-order chi connectivity index (χ1) is 15.3. The number of hydrogen-bond donors (Lipinski definition) is 0. The van der Waals surface area contributed by atoms with E-state index in [-0.39, 0.29) is 11.8 Å². The first-order valence-electron chi connectivity index (χ1n) is 10.8. The highest BCUT2D eigenvalue weighted by Gasteiger charge is 2.29. The maximum atomic E-state index is 13.1. The summed E-state index contributed by atoms with van der Waals surface area (Å²) in [5.74, 6) is 1.60. The van der Waals surface area contributed by atoms with E-state index in [9.17, 15) is 4.79 Å². The molecular formula is C24H28ClN5O2. The van der Waals surface area contributed by atoms with E-state index in [4.69, 9.17) is 21.1 Å². The minimum Gasteiger partial charge on any atom is -0.361 e. The van der Waals surface area contributed by atoms with Crippen LogP contribution in [0.1, 0.15) is 41.5 Å². The van der Waals surface area contributed by atoms with Crippen molar-refractivity contribution in [3.63, 3.8) is 0 Å². The SMILES string of the molecule is Cc1noc(C)c1CC(=O)N1CCC[C@H](c2nc(N(C)C)ncc2-c2ccc(Cl)cc2)C1. The van der Waals surface area contributed by atoms with Gasteiger partial charge >= 0.3 is 0 Å². The van der Waals surface area contributed by atoms with Gasteiger partial charge in [-0.15, -0.1) is 0 Å². The molecule has 7 nitrogen and oxygen atoms in total. The van der Waals surface area contributed by atoms with Crippen molar-refractivity contribution in [2.75, 3.05) is 32.1 Å². The van der Waals surface area contributed by atoms with E-state index in [0.717, 1.165) is 47.5 Å². The molecular weight excluding hydrogens is 426 g/mol. The number of aromatic nitrogens is 3. The Labute approximate surface area is 193 Å². The molecule has 0 bridgehead atoms. The standard InChI is InChI=1S/C24H28ClN5O2/c1-15-20(16(2)32-28-15)12-22(31)30-11-5-6-18(14-30)23-21(13-26-24(27-23)29(3)4)17-7-9-19(25)10-8-17/h7-10,13,18H,5-6,11-12,14H2,1-4H3/t18-/m0/s1. The molecule has 4 rings (SSSR count). The topological polar surface area (TPSA) is 75.4 Å². The number of amides is 1. The molecule has 0 N–H and O–H groups in total. The molecule has 2 aromatic heterocycles. The fourth-order valence-corrected chi connectivity index (χ4v) is 4.33. The smallest absolute Gasteiger partial charge is 0.227 e. The molecule has 1 aliphatic heterocycles. The molecule has 1 saturated heterocycles. The van der Waals surface area contributed by atoms with E-state index in [2.05, 4.69) is 10.1 Å². The van der Waals surface area contributed by atoms with Crippen LogP contribution in [0, 0.1) is 13.8 Å². The lowest BCUT2D eigenvalue weighted by atomic mass is 9.89. The van der Waals surface area contributed by atoms with E-state index in [1.54, 1.807) is 0 Å². The van der Waals surface area contributed by atoms with Gasteiger partial charge in [0.25, 0.3) is 0 Å². The predicted octanol–water partition coefficient (Wildman–Crippen LogP) is 4.42. The monoisotopic (exact) mass is 453 g/mol. The van der Waals surface area contributed by atoms with Gasteiger partial charge in [0.1, 0.15) is 5.76 Å². The van der Waals surface area contributed by atoms with Crippen LogP contribution in [0.25, 0.3) is 11.1 Å². The molecule has 0 spiro atoms. The van der Waals surface area contributed by atoms with Crippen molar-refractivity contribution < 1.29 is 9.32 Å². The van der Waals surface area contributed by atoms with Gasteiger partial charge in [-0.25, -0.2) is 9.97 Å². The number of carbonyl (C=O) groups is 1. The van der Waals surface area contributed by atoms with Gasteiger partial charge < -0.3 is 14.3 Å². The Kier molecular flexibility index (Phi) is 6.46. The molecule has 1 atom stereocenters. The van der Waals surface area contributed by atoms with Gasteiger partial charge in [-0.1, -0.05) is 28.9 Å². The maximum absolute atomic E-state index is 13.1. The zero-order valence-electron chi connectivity index (χ0n) is 18.9. The van der Waals surface area contributed by atoms with Gasteiger partial charge in [-0.05, 0) is 44.4 Å². The molecule has 1 fully saturated rings. The Bertz CT molecular complexity index is 1090. The van der Waals surface area contributed by atoms with Crippen LogP contribution in [0.15, 0.2) is 35.0 Å². The number of piperidine rings is 1. The molecule has 3 aromatic rings. The Morgan fingerprint density at radius 3 is 2.66 bits per heavy atom. The third-order valence-electron chi connectivity index (χ3n) is 6.03. The first-order valence-corrected chi connectivity index (χ1v) is 11.2. The van der Waals surface area contributed by atoms with Crippen molar-refractivity contribution in [1.29, 1.82) is 0 Å². The largest absolute Gasteiger partial charge is 0.361 e. The van der Waals surface area contributed by atoms with Crippen LogP contribution in [0.5, 0.6) is 0 Å². The second kappa shape index (κ2) is 9.28. The predicted molar refractivity (Wildman–Crippen MR) is 125 cm³/mol. The van der Waals surface area contributed by atoms with Crippen molar-refractivity contribution in [2.45, 2.75) is 39.0 Å². The van der Waals surface area contributed by atoms with Crippen LogP contribution in [0.4, 0.5) is 5.95 Å². The van der Waals surface area contributed by atoms with Crippen LogP contribution in [-0.4, -0.2) is 53.1 Å². The van der Waals surface area contributed by atoms with Gasteiger partial charge in [0.05, 0.1) is 17.8 Å². The number of halogens is 1. The molecule has 1 aromatic carbocycles. The van der Waals surface area contributed by atoms with Crippen LogP contribution >= 0.6 is 11.6 Å². The average Bonchev–Trinajstić information content (AvgIpc) is 3.11. The first kappa shape index (κ1) is 22.3. The summed E-state index contributed by atoms with van der Waals surface area (Å²) in [7, 11) is 3.86. The molecule has 1 aliphatic rings. The Balaban J connectivity index is 1.62. The van der Waals surface area contributed by atoms with E-state index >= 15 is 0 Å². The summed E-state index contributed by atoms with van der Waals surface area (Å²) in [5, 5.41) is 4.67. The van der Waals surface area contributed by atoms with Gasteiger partial charge in [-0.2, -0.15) is 0 Å². The van der Waals surface area contributed by atoms with Crippen molar-refractivity contribution in [2.24, 2.45) is 0 Å². The number of rotatable bonds is 5. The lowest BCUT2D eigenvalue weighted by Gasteiger charge is -2.33. The summed E-state index contributed by atoms with van der Waals surface area (Å²) in [4.78, 5) is 26.4. The quantitative estimate of drug-likeness (QED) is 0.569. The third kappa shape index (κ3) is 4.63. The molecule has 0 saturated carbocycles. The number of anilines is 1. The van der Waals surface area contributed by atoms with Crippen molar-refractivity contribution in [3.8, 4) is 11.1 Å². The molecule has 1 amide bonds. The van der Waals surface area contributed by atoms with Gasteiger partial charge in [0, 0.05) is 55.4 Å². The highest BCUT2D eigenvalue weighted by molar-refractivity contribution is 6.30. The summed E-state index contributed by atoms with van der Waals surface area (Å²) in [6.45, 7) is 5.11. The van der Waals surface area contributed by atoms with E-state index in [1.807, 2.05) is 68.2 Å². The minimum absolute atomic E-state index is 0.0963. The second-order valence-corrected chi connectivity index (χ2v) is 8.97. The lowest BCUT2D eigenvalue weighted by Crippen LogP contribution is -2.40. The zero-order chi connectivity index (χ0) is 22.8. The Hall–Kier alpha value is -2.93. The van der Waals surface area contributed by atoms with E-state index < -0.39 is 0 Å². The fraction of sp³-hybridized carbons (Fsp3) is 0.417. The number of hydrogen-bond acceptors (Lipinski definition) is 6. The summed E-state index contributed by atoms with van der Waals surface area (Å²) in [5.41, 5.74) is 4.64. The molecule has 3 heterocycles. The summed E-state index contributed by atoms with van der Waals surface area (Å²) in [6.07, 6.45) is 4.09. The van der Waals surface area contributed by atoms with Gasteiger partial charge in [-0.3, -0.25) is 4.79 Å². The van der Waals surface area contributed by atoms with Gasteiger partial charge in [0.2, 0.25) is 11.9 Å². The zero-order valence-corrected chi connectivity index (χ0v) is 19.7. The molecule has 0 aliphatic carbocycles. The van der Waals surface area contributed by atoms with E-state index in [1.165, 1.54) is 0 Å². The highest BCUT2D eigenvalue weighted by Crippen LogP contribution is 2.34. The number of aryl methyl sites for hydroxylation is 2. The van der Waals surface area contributed by atoms with Gasteiger partial charge in [0.15, 0.2) is 0 Å². The number of nitrogens with zero attached hydrogens (tertiary/aromatic N) is 5. The summed E-state index contributed by atoms with van der Waals surface area (Å²) >= 11 is 6.10. The second-order valence-electron chi connectivity index (χ2n) is 8.53. The normalized spacial score (nSPS) is 16.3. The van der Waals surface area contributed by atoms with Crippen LogP contribution < -0.4 is 4.90 Å². The molecule has 0 radical (unpaired) electrons. The minimum atomic E-state index is 0.0963. The highest BCUT2D eigenvalue weighted by atomic mass is 35.5. The van der Waals surface area contributed by atoms with Crippen molar-refractivity contribution in [1.82, 2.24) is 20.0 Å². The third-order valence-corrected chi connectivity index (χ3v) is 6.28. The Morgan fingerprint density at radius 1 is 1.25 bits per heavy atom. The summed E-state index contributed by atoms with van der Waals surface area (Å²) < 4.78 is 5.23. The van der Waals surface area contributed by atoms with Crippen molar-refractivity contribution in [3.05, 3.63) is 58.2 Å². The number of carbonyl (C=O) groups excluding carboxylic acids is 1. The average molecular weight is 454 g/mol. The molecule has 32 heavy (non-hydrogen) atoms. The van der Waals surface area contributed by atoms with E-state index in [0.29, 0.717) is 29.7 Å². The summed E-state index contributed by atoms with van der Waals surface area (Å²) in [6, 6.07) is 7.73. The van der Waals surface area contributed by atoms with Crippen LogP contribution in [-0.2, 0) is 11.2 Å². The maximum Gasteiger partial charge on any atom is 0.227 e. The number of benzene rings is 1. The molecule has 0 unspecified atom stereocenters. The van der Waals surface area contributed by atoms with Crippen LogP contribution in [0.3, 0.4) is 0 Å². The molecule has 168 valence electrons. The van der Waals surface area contributed by atoms with Crippen molar-refractivity contribution >= 4 is 23.5 Å². The molecule has 8 heteroatoms. The lowest BCUT2D eigenvalue weighted by molar-refractivity contribution is -0.131. The number of likely N-dealkylation sites (tertiary alicyclic amines) is 1. The van der Waals surface area contributed by atoms with Crippen LogP contribution in [0.2, 0.25) is 5.02 Å².